The van der Waals surface area contributed by atoms with Crippen molar-refractivity contribution in [2.75, 3.05) is 0 Å². The molecule has 2 aromatic heterocycles. The molecule has 0 amide bonds. The van der Waals surface area contributed by atoms with E-state index in [1.165, 1.54) is 22.3 Å². The normalized spacial score (nSPS) is 17.3. The van der Waals surface area contributed by atoms with Crippen LogP contribution in [0.1, 0.15) is 37.2 Å². The molecule has 4 rings (SSSR count). The van der Waals surface area contributed by atoms with Crippen LogP contribution in [0.3, 0.4) is 0 Å². The quantitative estimate of drug-likeness (QED) is 0.697. The van der Waals surface area contributed by atoms with Gasteiger partial charge in [-0.05, 0) is 61.1 Å². The molecular weight excluding hydrogens is 272 g/mol. The van der Waals surface area contributed by atoms with Crippen LogP contribution < -0.4 is 0 Å². The second-order valence-electron chi connectivity index (χ2n) is 5.62. The van der Waals surface area contributed by atoms with Crippen molar-refractivity contribution in [2.24, 2.45) is 0 Å². The molecule has 0 saturated carbocycles. The topological polar surface area (TPSA) is 26.3 Å². The fourth-order valence-corrected chi connectivity index (χ4v) is 3.24. The highest BCUT2D eigenvalue weighted by atomic mass is 16.3. The van der Waals surface area contributed by atoms with Gasteiger partial charge in [-0.1, -0.05) is 24.3 Å². The Morgan fingerprint density at radius 1 is 0.682 bits per heavy atom. The van der Waals surface area contributed by atoms with Crippen molar-refractivity contribution >= 4 is 11.1 Å². The lowest BCUT2D eigenvalue weighted by Crippen LogP contribution is -1.90. The molecule has 0 spiro atoms. The van der Waals surface area contributed by atoms with E-state index in [0.717, 1.165) is 37.2 Å². The number of rotatable bonds is 5. The highest BCUT2D eigenvalue weighted by molar-refractivity contribution is 5.81. The summed E-state index contributed by atoms with van der Waals surface area (Å²) in [5.41, 5.74) is 5.29. The number of allylic oxidation sites excluding steroid dienone is 8. The highest BCUT2D eigenvalue weighted by Gasteiger charge is 2.18. The second-order valence-corrected chi connectivity index (χ2v) is 5.62. The van der Waals surface area contributed by atoms with Crippen LogP contribution in [-0.2, 0) is 0 Å². The number of hydrogen-bond acceptors (Lipinski definition) is 2. The largest absolute Gasteiger partial charge is 0.464 e. The monoisotopic (exact) mass is 290 g/mol. The third-order valence-corrected chi connectivity index (χ3v) is 4.30. The molecule has 0 bridgehead atoms. The van der Waals surface area contributed by atoms with E-state index in [9.17, 15) is 0 Å². The molecule has 110 valence electrons. The molecule has 2 aliphatic carbocycles. The zero-order valence-corrected chi connectivity index (χ0v) is 12.4. The van der Waals surface area contributed by atoms with E-state index in [4.69, 9.17) is 8.83 Å². The smallest absolute Gasteiger partial charge is 0.133 e. The predicted octanol–water partition coefficient (Wildman–Crippen LogP) is 5.78. The summed E-state index contributed by atoms with van der Waals surface area (Å²) >= 11 is 0. The first kappa shape index (κ1) is 13.2. The van der Waals surface area contributed by atoms with Crippen LogP contribution in [0, 0.1) is 0 Å². The van der Waals surface area contributed by atoms with Crippen LogP contribution in [0.2, 0.25) is 0 Å². The minimum absolute atomic E-state index is 0.978. The highest BCUT2D eigenvalue weighted by Crippen LogP contribution is 2.37. The van der Waals surface area contributed by atoms with Gasteiger partial charge in [0, 0.05) is 11.1 Å². The van der Waals surface area contributed by atoms with Crippen molar-refractivity contribution in [3.63, 3.8) is 0 Å². The summed E-state index contributed by atoms with van der Waals surface area (Å²) in [6.07, 6.45) is 16.7. The van der Waals surface area contributed by atoms with Gasteiger partial charge in [-0.3, -0.25) is 0 Å². The summed E-state index contributed by atoms with van der Waals surface area (Å²) in [5, 5.41) is 0. The Bertz CT molecular complexity index is 698. The minimum Gasteiger partial charge on any atom is -0.464 e. The molecule has 0 aromatic carbocycles. The molecule has 0 N–H and O–H groups in total. The van der Waals surface area contributed by atoms with Crippen LogP contribution in [0.4, 0.5) is 0 Å². The van der Waals surface area contributed by atoms with E-state index < -0.39 is 0 Å². The van der Waals surface area contributed by atoms with Crippen molar-refractivity contribution < 1.29 is 8.83 Å². The van der Waals surface area contributed by atoms with Crippen molar-refractivity contribution in [2.45, 2.75) is 25.7 Å². The molecule has 0 saturated heterocycles. The third kappa shape index (κ3) is 2.41. The molecule has 2 nitrogen and oxygen atoms in total. The Hall–Kier alpha value is -2.48. The summed E-state index contributed by atoms with van der Waals surface area (Å²) in [7, 11) is 0. The molecule has 22 heavy (non-hydrogen) atoms. The Kier molecular flexibility index (Phi) is 3.43. The van der Waals surface area contributed by atoms with Gasteiger partial charge in [0.15, 0.2) is 0 Å². The van der Waals surface area contributed by atoms with E-state index in [2.05, 4.69) is 24.3 Å². The molecule has 0 fully saturated rings. The van der Waals surface area contributed by atoms with Crippen LogP contribution in [0.15, 0.2) is 81.1 Å². The maximum Gasteiger partial charge on any atom is 0.133 e. The summed E-state index contributed by atoms with van der Waals surface area (Å²) < 4.78 is 11.1. The van der Waals surface area contributed by atoms with E-state index in [1.807, 2.05) is 24.3 Å². The van der Waals surface area contributed by atoms with E-state index >= 15 is 0 Å². The summed E-state index contributed by atoms with van der Waals surface area (Å²) in [5.74, 6) is 1.96. The fraction of sp³-hybridized carbons (Fsp3) is 0.200. The van der Waals surface area contributed by atoms with Crippen molar-refractivity contribution in [1.29, 1.82) is 0 Å². The lowest BCUT2D eigenvalue weighted by molar-refractivity contribution is 0.552. The van der Waals surface area contributed by atoms with Crippen molar-refractivity contribution in [1.82, 2.24) is 0 Å². The van der Waals surface area contributed by atoms with Gasteiger partial charge in [0.25, 0.3) is 0 Å². The van der Waals surface area contributed by atoms with Crippen LogP contribution in [0.25, 0.3) is 11.1 Å². The molecule has 2 aliphatic rings. The van der Waals surface area contributed by atoms with Gasteiger partial charge in [-0.25, -0.2) is 0 Å². The van der Waals surface area contributed by atoms with Crippen LogP contribution in [-0.4, -0.2) is 0 Å². The summed E-state index contributed by atoms with van der Waals surface area (Å²) in [4.78, 5) is 0. The molecular formula is C20H18O2. The summed E-state index contributed by atoms with van der Waals surface area (Å²) in [6, 6.07) is 7.97. The lowest BCUT2D eigenvalue weighted by atomic mass is 9.96. The first-order valence-corrected chi connectivity index (χ1v) is 7.79. The maximum atomic E-state index is 5.55. The van der Waals surface area contributed by atoms with Gasteiger partial charge >= 0.3 is 0 Å². The molecule has 2 aromatic rings. The fourth-order valence-electron chi connectivity index (χ4n) is 3.24. The van der Waals surface area contributed by atoms with Crippen LogP contribution >= 0.6 is 0 Å². The molecule has 2 heteroatoms. The zero-order chi connectivity index (χ0) is 14.8. The van der Waals surface area contributed by atoms with Gasteiger partial charge in [0.05, 0.1) is 12.5 Å². The van der Waals surface area contributed by atoms with Gasteiger partial charge in [-0.15, -0.1) is 0 Å². The van der Waals surface area contributed by atoms with E-state index in [0.29, 0.717) is 0 Å². The predicted molar refractivity (Wildman–Crippen MR) is 88.0 cm³/mol. The van der Waals surface area contributed by atoms with Crippen molar-refractivity contribution in [3.05, 3.63) is 83.8 Å². The van der Waals surface area contributed by atoms with Gasteiger partial charge in [0.1, 0.15) is 11.5 Å². The van der Waals surface area contributed by atoms with Gasteiger partial charge in [-0.2, -0.15) is 0 Å². The standard InChI is InChI=1S/C20H18O2/c1-5-15(17(7-1)19-9-3-13-21-19)11-12-16-6-2-8-18(16)20-10-4-14-22-20/h3-10,13-14H,1-2,11-12H2. The first-order chi connectivity index (χ1) is 10.9. The first-order valence-electron chi connectivity index (χ1n) is 7.79. The van der Waals surface area contributed by atoms with Crippen molar-refractivity contribution in [3.8, 4) is 0 Å². The Morgan fingerprint density at radius 3 is 1.59 bits per heavy atom. The Labute approximate surface area is 130 Å². The zero-order valence-electron chi connectivity index (χ0n) is 12.4. The number of hydrogen-bond donors (Lipinski definition) is 0. The average molecular weight is 290 g/mol. The lowest BCUT2D eigenvalue weighted by Gasteiger charge is -2.09. The maximum absolute atomic E-state index is 5.55. The minimum atomic E-state index is 0.978. The molecule has 0 atom stereocenters. The molecule has 0 unspecified atom stereocenters. The van der Waals surface area contributed by atoms with Crippen LogP contribution in [0.5, 0.6) is 0 Å². The molecule has 0 radical (unpaired) electrons. The van der Waals surface area contributed by atoms with Gasteiger partial charge < -0.3 is 8.83 Å². The summed E-state index contributed by atoms with van der Waals surface area (Å²) in [6.45, 7) is 0. The number of furan rings is 2. The SMILES string of the molecule is C1=C(CCC2=CCC=C2c2ccco2)C(c2ccco2)=CC1. The average Bonchev–Trinajstić information content (AvgIpc) is 3.32. The Morgan fingerprint density at radius 2 is 1.18 bits per heavy atom. The van der Waals surface area contributed by atoms with Gasteiger partial charge in [0.2, 0.25) is 0 Å². The van der Waals surface area contributed by atoms with E-state index in [-0.39, 0.29) is 0 Å². The Balaban J connectivity index is 1.45. The second kappa shape index (κ2) is 5.72. The molecule has 2 heterocycles. The molecule has 0 aliphatic heterocycles. The third-order valence-electron chi connectivity index (χ3n) is 4.30. The van der Waals surface area contributed by atoms with E-state index in [1.54, 1.807) is 12.5 Å².